The van der Waals surface area contributed by atoms with Crippen molar-refractivity contribution >= 4 is 39.1 Å². The van der Waals surface area contributed by atoms with Gasteiger partial charge in [0.15, 0.2) is 12.4 Å². The normalized spacial score (nSPS) is 11.3. The van der Waals surface area contributed by atoms with Crippen LogP contribution in [-0.4, -0.2) is 41.6 Å². The molecule has 3 aromatic carbocycles. The second-order valence-electron chi connectivity index (χ2n) is 11.7. The number of pyridine rings is 1. The molecule has 0 fully saturated rings. The molecular formula is C37H37F2N3O5S. The third kappa shape index (κ3) is 7.98. The van der Waals surface area contributed by atoms with Gasteiger partial charge in [-0.05, 0) is 54.9 Å². The lowest BCUT2D eigenvalue weighted by Crippen LogP contribution is -2.21. The van der Waals surface area contributed by atoms with Gasteiger partial charge in [0.25, 0.3) is 0 Å². The van der Waals surface area contributed by atoms with Crippen molar-refractivity contribution in [2.45, 2.75) is 40.4 Å². The van der Waals surface area contributed by atoms with E-state index >= 15 is 0 Å². The number of hydrogen-bond acceptors (Lipinski definition) is 7. The molecule has 48 heavy (non-hydrogen) atoms. The van der Waals surface area contributed by atoms with Gasteiger partial charge in [-0.3, -0.25) is 14.5 Å². The third-order valence-electron chi connectivity index (χ3n) is 7.68. The molecule has 5 rings (SSSR count). The van der Waals surface area contributed by atoms with Crippen molar-refractivity contribution in [1.29, 1.82) is 0 Å². The molecule has 0 atom stereocenters. The Hall–Kier alpha value is -4.87. The van der Waals surface area contributed by atoms with Crippen LogP contribution in [0.5, 0.6) is 5.75 Å². The van der Waals surface area contributed by atoms with Crippen molar-refractivity contribution in [2.24, 2.45) is 5.92 Å². The number of fused-ring (bicyclic) bond motifs is 1. The molecule has 0 saturated carbocycles. The summed E-state index contributed by atoms with van der Waals surface area (Å²) in [6, 6.07) is 20.9. The second kappa shape index (κ2) is 15.4. The van der Waals surface area contributed by atoms with Gasteiger partial charge in [-0.2, -0.15) is 0 Å². The number of aromatic nitrogens is 1. The number of ether oxygens (including phenoxy) is 2. The van der Waals surface area contributed by atoms with Gasteiger partial charge in [0.1, 0.15) is 16.5 Å². The summed E-state index contributed by atoms with van der Waals surface area (Å²) in [7, 11) is 1.94. The zero-order valence-corrected chi connectivity index (χ0v) is 28.0. The van der Waals surface area contributed by atoms with E-state index in [4.69, 9.17) is 9.47 Å². The molecule has 250 valence electrons. The topological polar surface area (TPSA) is 89.9 Å². The van der Waals surface area contributed by atoms with E-state index in [-0.39, 0.29) is 36.3 Å². The maximum absolute atomic E-state index is 14.9. The fourth-order valence-corrected chi connectivity index (χ4v) is 6.57. The maximum atomic E-state index is 14.9. The van der Waals surface area contributed by atoms with Crippen LogP contribution in [0.1, 0.15) is 37.5 Å². The first kappa shape index (κ1) is 34.5. The standard InChI is InChI=1S/C37H37F2N3O5S/c1-5-46-32(43)22-47-31-21-42(20-27-29(38)12-9-13-30(27)39)37-33(34(31)44)28(19-41(4)18-24-10-7-6-8-11-24)35(48-37)25-14-16-26(17-15-25)40-36(45)23(2)3/h6-17,21,23H,5,18-20,22H2,1-4H3,(H,40,45). The number of benzene rings is 3. The SMILES string of the molecule is CCOC(=O)COc1cn(Cc2c(F)cccc2F)c2sc(-c3ccc(NC(=O)C(C)C)cc3)c(CN(C)Cc3ccccc3)c2c1=O. The van der Waals surface area contributed by atoms with Crippen LogP contribution in [0.2, 0.25) is 0 Å². The highest BCUT2D eigenvalue weighted by atomic mass is 32.1. The summed E-state index contributed by atoms with van der Waals surface area (Å²) >= 11 is 1.32. The summed E-state index contributed by atoms with van der Waals surface area (Å²) in [4.78, 5) is 42.0. The van der Waals surface area contributed by atoms with Gasteiger partial charge in [0.2, 0.25) is 11.3 Å². The first-order valence-corrected chi connectivity index (χ1v) is 16.4. The number of halogens is 2. The third-order valence-corrected chi connectivity index (χ3v) is 8.99. The summed E-state index contributed by atoms with van der Waals surface area (Å²) in [5.74, 6) is -2.55. The lowest BCUT2D eigenvalue weighted by molar-refractivity contribution is -0.145. The van der Waals surface area contributed by atoms with Crippen molar-refractivity contribution in [3.8, 4) is 16.2 Å². The van der Waals surface area contributed by atoms with Crippen molar-refractivity contribution in [3.05, 3.63) is 118 Å². The molecule has 0 unspecified atom stereocenters. The highest BCUT2D eigenvalue weighted by Gasteiger charge is 2.24. The molecule has 0 aliphatic rings. The molecule has 1 N–H and O–H groups in total. The Morgan fingerprint density at radius 3 is 2.27 bits per heavy atom. The number of hydrogen-bond donors (Lipinski definition) is 1. The molecule has 5 aromatic rings. The average Bonchev–Trinajstić information content (AvgIpc) is 3.43. The number of amides is 1. The minimum Gasteiger partial charge on any atom is -0.476 e. The van der Waals surface area contributed by atoms with E-state index in [0.29, 0.717) is 34.6 Å². The number of rotatable bonds is 13. The highest BCUT2D eigenvalue weighted by Crippen LogP contribution is 2.40. The first-order chi connectivity index (χ1) is 23.0. The monoisotopic (exact) mass is 673 g/mol. The first-order valence-electron chi connectivity index (χ1n) is 15.6. The molecule has 0 aliphatic heterocycles. The quantitative estimate of drug-likeness (QED) is 0.133. The van der Waals surface area contributed by atoms with Crippen LogP contribution in [0.15, 0.2) is 83.8 Å². The summed E-state index contributed by atoms with van der Waals surface area (Å²) in [6.07, 6.45) is 1.39. The summed E-state index contributed by atoms with van der Waals surface area (Å²) in [5.41, 5.74) is 2.57. The van der Waals surface area contributed by atoms with E-state index < -0.39 is 29.6 Å². The Bertz CT molecular complexity index is 1950. The fraction of sp³-hybridized carbons (Fsp3) is 0.270. The zero-order valence-electron chi connectivity index (χ0n) is 27.2. The lowest BCUT2D eigenvalue weighted by atomic mass is 10.0. The van der Waals surface area contributed by atoms with E-state index in [1.807, 2.05) is 63.4 Å². The number of nitrogens with one attached hydrogen (secondary N) is 1. The molecular weight excluding hydrogens is 636 g/mol. The van der Waals surface area contributed by atoms with Gasteiger partial charge >= 0.3 is 5.97 Å². The Balaban J connectivity index is 1.68. The van der Waals surface area contributed by atoms with E-state index in [9.17, 15) is 23.2 Å². The van der Waals surface area contributed by atoms with Gasteiger partial charge in [0.05, 0.1) is 24.7 Å². The smallest absolute Gasteiger partial charge is 0.344 e. The number of nitrogens with zero attached hydrogens (tertiary/aromatic N) is 2. The molecule has 2 aromatic heterocycles. The molecule has 11 heteroatoms. The Morgan fingerprint density at radius 1 is 0.938 bits per heavy atom. The van der Waals surface area contributed by atoms with Crippen LogP contribution in [-0.2, 0) is 34.0 Å². The number of anilines is 1. The van der Waals surface area contributed by atoms with E-state index in [0.717, 1.165) is 16.0 Å². The number of carbonyl (C=O) groups excluding carboxylic acids is 2. The van der Waals surface area contributed by atoms with Crippen molar-refractivity contribution in [3.63, 3.8) is 0 Å². The molecule has 0 spiro atoms. The molecule has 0 aliphatic carbocycles. The lowest BCUT2D eigenvalue weighted by Gasteiger charge is -2.18. The second-order valence-corrected chi connectivity index (χ2v) is 12.7. The minimum absolute atomic E-state index is 0.111. The summed E-state index contributed by atoms with van der Waals surface area (Å²) < 4.78 is 42.1. The van der Waals surface area contributed by atoms with Gasteiger partial charge < -0.3 is 19.4 Å². The molecule has 1 amide bonds. The largest absolute Gasteiger partial charge is 0.476 e. The Labute approximate surface area is 281 Å². The molecule has 2 heterocycles. The molecule has 0 saturated heterocycles. The van der Waals surface area contributed by atoms with Crippen molar-refractivity contribution in [2.75, 3.05) is 25.6 Å². The highest BCUT2D eigenvalue weighted by molar-refractivity contribution is 7.22. The molecule has 8 nitrogen and oxygen atoms in total. The zero-order chi connectivity index (χ0) is 34.4. The number of carbonyl (C=O) groups is 2. The van der Waals surface area contributed by atoms with Gasteiger partial charge in [-0.15, -0.1) is 11.3 Å². The molecule has 0 bridgehead atoms. The van der Waals surface area contributed by atoms with Gasteiger partial charge in [0, 0.05) is 35.1 Å². The van der Waals surface area contributed by atoms with Crippen LogP contribution < -0.4 is 15.5 Å². The Kier molecular flexibility index (Phi) is 11.0. The van der Waals surface area contributed by atoms with Crippen LogP contribution in [0.25, 0.3) is 20.7 Å². The van der Waals surface area contributed by atoms with Crippen LogP contribution in [0.4, 0.5) is 14.5 Å². The van der Waals surface area contributed by atoms with Crippen molar-refractivity contribution in [1.82, 2.24) is 9.47 Å². The number of esters is 1. The van der Waals surface area contributed by atoms with Gasteiger partial charge in [-0.25, -0.2) is 13.6 Å². The number of thiophene rings is 1. The maximum Gasteiger partial charge on any atom is 0.344 e. The average molecular weight is 674 g/mol. The van der Waals surface area contributed by atoms with Crippen LogP contribution in [0, 0.1) is 17.6 Å². The van der Waals surface area contributed by atoms with Crippen LogP contribution in [0.3, 0.4) is 0 Å². The van der Waals surface area contributed by atoms with Crippen molar-refractivity contribution < 1.29 is 27.8 Å². The fourth-order valence-electron chi connectivity index (χ4n) is 5.28. The van der Waals surface area contributed by atoms with Gasteiger partial charge in [-0.1, -0.05) is 62.4 Å². The van der Waals surface area contributed by atoms with Crippen LogP contribution >= 0.6 is 11.3 Å². The van der Waals surface area contributed by atoms with E-state index in [1.165, 1.54) is 35.7 Å². The summed E-state index contributed by atoms with van der Waals surface area (Å²) in [6.45, 7) is 5.63. The molecule has 0 radical (unpaired) electrons. The summed E-state index contributed by atoms with van der Waals surface area (Å²) in [5, 5.41) is 3.22. The van der Waals surface area contributed by atoms with E-state index in [1.54, 1.807) is 23.6 Å². The minimum atomic E-state index is -0.727. The van der Waals surface area contributed by atoms with E-state index in [2.05, 4.69) is 10.2 Å². The Morgan fingerprint density at radius 2 is 1.62 bits per heavy atom. The predicted molar refractivity (Wildman–Crippen MR) is 184 cm³/mol. The predicted octanol–water partition coefficient (Wildman–Crippen LogP) is 7.22.